The number of nitrogens with zero attached hydrogens (tertiary/aromatic N) is 3. The van der Waals surface area contributed by atoms with Crippen LogP contribution in [0.25, 0.3) is 5.78 Å². The maximum atomic E-state index is 12.6. The lowest BCUT2D eigenvalue weighted by Crippen LogP contribution is -2.17. The summed E-state index contributed by atoms with van der Waals surface area (Å²) in [6.45, 7) is 4.63. The number of hydrogen-bond acceptors (Lipinski definition) is 7. The topological polar surface area (TPSA) is 126 Å². The van der Waals surface area contributed by atoms with Gasteiger partial charge in [0.05, 0.1) is 22.3 Å². The van der Waals surface area contributed by atoms with E-state index in [-0.39, 0.29) is 28.7 Å². The van der Waals surface area contributed by atoms with Crippen LogP contribution in [0.5, 0.6) is 0 Å². The molecule has 0 unspecified atom stereocenters. The molecule has 0 aliphatic heterocycles. The second kappa shape index (κ2) is 6.95. The first kappa shape index (κ1) is 18.8. The van der Waals surface area contributed by atoms with Crippen LogP contribution >= 0.6 is 0 Å². The summed E-state index contributed by atoms with van der Waals surface area (Å²) in [4.78, 5) is 30.0. The van der Waals surface area contributed by atoms with Gasteiger partial charge >= 0.3 is 0 Å². The molecule has 3 rings (SSSR count). The number of Topliss-reactive ketones (excluding diaryl/α,β-unsaturated/α-hetero) is 1. The van der Waals surface area contributed by atoms with Crippen LogP contribution < -0.4 is 10.9 Å². The first-order valence-corrected chi connectivity index (χ1v) is 9.81. The molecule has 0 aliphatic rings. The number of carbonyl (C=O) groups excluding carboxylic acids is 1. The molecule has 0 saturated carbocycles. The molecule has 0 radical (unpaired) electrons. The quantitative estimate of drug-likeness (QED) is 0.654. The summed E-state index contributed by atoms with van der Waals surface area (Å²) in [6.07, 6.45) is 0.0648. The number of nitrogens with one attached hydrogen (secondary N) is 2. The molecule has 0 amide bonds. The predicted molar refractivity (Wildman–Crippen MR) is 100 cm³/mol. The van der Waals surface area contributed by atoms with E-state index in [1.165, 1.54) is 23.6 Å². The minimum Gasteiger partial charge on any atom is -0.339 e. The van der Waals surface area contributed by atoms with E-state index in [1.54, 1.807) is 32.0 Å². The average Bonchev–Trinajstić information content (AvgIpc) is 2.96. The Bertz CT molecular complexity index is 1180. The van der Waals surface area contributed by atoms with Crippen LogP contribution in [0.2, 0.25) is 0 Å². The molecule has 142 valence electrons. The molecule has 27 heavy (non-hydrogen) atoms. The average molecular weight is 389 g/mol. The van der Waals surface area contributed by atoms with Crippen molar-refractivity contribution >= 4 is 32.9 Å². The monoisotopic (exact) mass is 389 g/mol. The van der Waals surface area contributed by atoms with Crippen LogP contribution in [0.3, 0.4) is 0 Å². The Labute approximate surface area is 155 Å². The van der Waals surface area contributed by atoms with Gasteiger partial charge in [-0.05, 0) is 32.9 Å². The number of hydrogen-bond donors (Lipinski definition) is 2. The van der Waals surface area contributed by atoms with Crippen LogP contribution in [0.4, 0.5) is 11.5 Å². The molecule has 9 nitrogen and oxygen atoms in total. The number of para-hydroxylation sites is 1. The number of fused-ring (bicyclic) bond motifs is 1. The highest BCUT2D eigenvalue weighted by molar-refractivity contribution is 7.92. The van der Waals surface area contributed by atoms with Crippen molar-refractivity contribution in [1.82, 2.24) is 19.6 Å². The van der Waals surface area contributed by atoms with Gasteiger partial charge in [0.2, 0.25) is 5.78 Å². The van der Waals surface area contributed by atoms with E-state index in [1.807, 2.05) is 0 Å². The summed E-state index contributed by atoms with van der Waals surface area (Å²) in [5.74, 6) is 0.652. The third-order valence-corrected chi connectivity index (χ3v) is 6.09. The van der Waals surface area contributed by atoms with Crippen LogP contribution in [0.1, 0.15) is 26.6 Å². The molecule has 1 aromatic carbocycles. The SMILES string of the molecule is CC(=O)Cc1nn2c(Nc3ccccc3S(=O)(=O)C(C)C)cc(=O)nc2[nH]1. The highest BCUT2D eigenvalue weighted by atomic mass is 32.2. The number of aromatic amines is 1. The Hall–Kier alpha value is -3.01. The standard InChI is InChI=1S/C17H19N5O4S/c1-10(2)27(25,26)13-7-5-4-6-12(13)18-15-9-16(24)20-17-19-14(8-11(3)23)21-22(15)17/h4-7,9-10,18H,8H2,1-3H3,(H,19,20,21,24). The molecule has 0 spiro atoms. The van der Waals surface area contributed by atoms with Crippen molar-refractivity contribution in [3.05, 3.63) is 46.5 Å². The molecular weight excluding hydrogens is 370 g/mol. The van der Waals surface area contributed by atoms with E-state index >= 15 is 0 Å². The van der Waals surface area contributed by atoms with E-state index in [4.69, 9.17) is 0 Å². The normalized spacial score (nSPS) is 11.9. The molecule has 3 aromatic rings. The molecule has 2 aromatic heterocycles. The molecule has 10 heteroatoms. The van der Waals surface area contributed by atoms with Crippen LogP contribution in [-0.2, 0) is 21.1 Å². The van der Waals surface area contributed by atoms with Gasteiger partial charge in [-0.25, -0.2) is 8.42 Å². The van der Waals surface area contributed by atoms with Crippen molar-refractivity contribution in [2.75, 3.05) is 5.32 Å². The molecule has 2 heterocycles. The molecule has 0 aliphatic carbocycles. The Balaban J connectivity index is 2.12. The number of H-pyrrole nitrogens is 1. The molecule has 2 N–H and O–H groups in total. The number of anilines is 2. The Morgan fingerprint density at radius 1 is 1.30 bits per heavy atom. The van der Waals surface area contributed by atoms with Gasteiger partial charge in [0.25, 0.3) is 5.56 Å². The van der Waals surface area contributed by atoms with Gasteiger partial charge in [-0.1, -0.05) is 12.1 Å². The van der Waals surface area contributed by atoms with E-state index in [0.717, 1.165) is 0 Å². The van der Waals surface area contributed by atoms with Gasteiger partial charge in [-0.3, -0.25) is 9.59 Å². The first-order valence-electron chi connectivity index (χ1n) is 8.27. The zero-order chi connectivity index (χ0) is 19.8. The predicted octanol–water partition coefficient (Wildman–Crippen LogP) is 1.47. The summed E-state index contributed by atoms with van der Waals surface area (Å²) in [5, 5.41) is 6.60. The van der Waals surface area contributed by atoms with E-state index in [9.17, 15) is 18.0 Å². The summed E-state index contributed by atoms with van der Waals surface area (Å²) in [6, 6.07) is 7.65. The Kier molecular flexibility index (Phi) is 4.83. The molecule has 0 bridgehead atoms. The molecule has 0 atom stereocenters. The van der Waals surface area contributed by atoms with Crippen LogP contribution in [0, 0.1) is 0 Å². The van der Waals surface area contributed by atoms with E-state index in [2.05, 4.69) is 20.4 Å². The first-order chi connectivity index (χ1) is 12.7. The second-order valence-electron chi connectivity index (χ2n) is 6.38. The van der Waals surface area contributed by atoms with Crippen molar-refractivity contribution in [3.8, 4) is 0 Å². The number of aromatic nitrogens is 4. The van der Waals surface area contributed by atoms with Gasteiger partial charge in [-0.15, -0.1) is 5.10 Å². The fraction of sp³-hybridized carbons (Fsp3) is 0.294. The fourth-order valence-electron chi connectivity index (χ4n) is 2.55. The minimum atomic E-state index is -3.54. The lowest BCUT2D eigenvalue weighted by Gasteiger charge is -2.14. The highest BCUT2D eigenvalue weighted by Crippen LogP contribution is 2.27. The number of rotatable bonds is 6. The molecular formula is C17H19N5O4S. The van der Waals surface area contributed by atoms with Crippen molar-refractivity contribution in [2.24, 2.45) is 0 Å². The highest BCUT2D eigenvalue weighted by Gasteiger charge is 2.23. The summed E-state index contributed by atoms with van der Waals surface area (Å²) >= 11 is 0. The lowest BCUT2D eigenvalue weighted by molar-refractivity contribution is -0.116. The third kappa shape index (κ3) is 3.75. The van der Waals surface area contributed by atoms with E-state index in [0.29, 0.717) is 11.5 Å². The fourth-order valence-corrected chi connectivity index (χ4v) is 3.75. The van der Waals surface area contributed by atoms with Crippen molar-refractivity contribution in [1.29, 1.82) is 0 Å². The summed E-state index contributed by atoms with van der Waals surface area (Å²) in [5.41, 5.74) is -0.207. The van der Waals surface area contributed by atoms with Crippen LogP contribution in [0.15, 0.2) is 40.0 Å². The smallest absolute Gasteiger partial charge is 0.276 e. The number of benzene rings is 1. The lowest BCUT2D eigenvalue weighted by atomic mass is 10.3. The summed E-state index contributed by atoms with van der Waals surface area (Å²) in [7, 11) is -3.54. The van der Waals surface area contributed by atoms with Gasteiger partial charge < -0.3 is 10.3 Å². The third-order valence-electron chi connectivity index (χ3n) is 3.88. The van der Waals surface area contributed by atoms with Gasteiger partial charge in [0.15, 0.2) is 9.84 Å². The molecule has 0 saturated heterocycles. The van der Waals surface area contributed by atoms with Crippen LogP contribution in [-0.4, -0.2) is 39.0 Å². The second-order valence-corrected chi connectivity index (χ2v) is 8.85. The van der Waals surface area contributed by atoms with Crippen molar-refractivity contribution in [3.63, 3.8) is 0 Å². The maximum Gasteiger partial charge on any atom is 0.276 e. The van der Waals surface area contributed by atoms with Crippen molar-refractivity contribution < 1.29 is 13.2 Å². The zero-order valence-corrected chi connectivity index (χ0v) is 15.9. The van der Waals surface area contributed by atoms with Gasteiger partial charge in [0, 0.05) is 6.07 Å². The van der Waals surface area contributed by atoms with Gasteiger partial charge in [0.1, 0.15) is 17.4 Å². The minimum absolute atomic E-state index is 0.0648. The number of carbonyl (C=O) groups is 1. The Morgan fingerprint density at radius 3 is 2.67 bits per heavy atom. The number of ketones is 1. The summed E-state index contributed by atoms with van der Waals surface area (Å²) < 4.78 is 26.6. The van der Waals surface area contributed by atoms with E-state index < -0.39 is 20.6 Å². The van der Waals surface area contributed by atoms with Crippen molar-refractivity contribution in [2.45, 2.75) is 37.3 Å². The maximum absolute atomic E-state index is 12.6. The largest absolute Gasteiger partial charge is 0.339 e. The number of sulfone groups is 1. The van der Waals surface area contributed by atoms with Gasteiger partial charge in [-0.2, -0.15) is 9.50 Å². The Morgan fingerprint density at radius 2 is 2.00 bits per heavy atom. The molecule has 0 fully saturated rings. The zero-order valence-electron chi connectivity index (χ0n) is 15.1.